The Hall–Kier alpha value is -0.630. The number of nitrogens with two attached hydrogens (primary N) is 1. The van der Waals surface area contributed by atoms with Crippen LogP contribution in [0.2, 0.25) is 0 Å². The maximum Gasteiger partial charge on any atom is 0.107 e. The zero-order chi connectivity index (χ0) is 23.0. The van der Waals surface area contributed by atoms with E-state index in [4.69, 9.17) is 10.8 Å². The highest BCUT2D eigenvalue weighted by molar-refractivity contribution is 8.77. The van der Waals surface area contributed by atoms with E-state index >= 15 is 0 Å². The van der Waals surface area contributed by atoms with Crippen LogP contribution in [-0.2, 0) is 0 Å². The summed E-state index contributed by atoms with van der Waals surface area (Å²) in [6.45, 7) is 1.66. The number of quaternary nitrogens is 1. The van der Waals surface area contributed by atoms with E-state index in [1.54, 1.807) is 61.8 Å². The summed E-state index contributed by atoms with van der Waals surface area (Å²) in [5.41, 5.74) is 8.87. The van der Waals surface area contributed by atoms with Crippen LogP contribution < -0.4 is 23.9 Å². The maximum atomic E-state index is 7.00. The summed E-state index contributed by atoms with van der Waals surface area (Å²) in [7, 11) is 7.64. The van der Waals surface area contributed by atoms with Crippen LogP contribution in [0, 0.1) is 0 Å². The van der Waals surface area contributed by atoms with E-state index in [2.05, 4.69) is 33.3 Å². The van der Waals surface area contributed by atoms with Gasteiger partial charge in [-0.25, -0.2) is 15.0 Å². The Balaban J connectivity index is -0.000000428. The first-order valence-electron chi connectivity index (χ1n) is 9.22. The van der Waals surface area contributed by atoms with Gasteiger partial charge in [-0.05, 0) is 68.8 Å². The molecule has 0 aliphatic rings. The minimum absolute atomic E-state index is 0. The van der Waals surface area contributed by atoms with Crippen molar-refractivity contribution < 1.29 is 23.2 Å². The molecule has 0 aliphatic carbocycles. The van der Waals surface area contributed by atoms with Gasteiger partial charge >= 0.3 is 0 Å². The molecule has 0 aliphatic heterocycles. The van der Waals surface area contributed by atoms with Crippen LogP contribution in [0.25, 0.3) is 0 Å². The van der Waals surface area contributed by atoms with Gasteiger partial charge in [0.25, 0.3) is 0 Å². The molecule has 0 fully saturated rings. The fraction of sp³-hybridized carbons (Fsp3) is 0.286. The largest absolute Gasteiger partial charge is 1.00 e. The summed E-state index contributed by atoms with van der Waals surface area (Å²) in [6.07, 6.45) is 5.38. The number of aliphatic hydroxyl groups excluding tert-OH is 1. The van der Waals surface area contributed by atoms with Gasteiger partial charge in [-0.2, -0.15) is 12.6 Å². The predicted molar refractivity (Wildman–Crippen MR) is 148 cm³/mol. The SMILES string of the molecule is C.CO.NCCSSc1ccccn1.[Cl-].[NH3+]CCS.c1ccc(SSc2ccccn2)nc1. The van der Waals surface area contributed by atoms with Crippen molar-refractivity contribution in [1.29, 1.82) is 0 Å². The van der Waals surface area contributed by atoms with Crippen LogP contribution in [0.1, 0.15) is 7.43 Å². The molecule has 0 saturated heterocycles. The van der Waals surface area contributed by atoms with Crippen molar-refractivity contribution in [2.24, 2.45) is 5.73 Å². The summed E-state index contributed by atoms with van der Waals surface area (Å²) in [5, 5.41) is 10.1. The van der Waals surface area contributed by atoms with Gasteiger partial charge in [-0.15, -0.1) is 0 Å². The van der Waals surface area contributed by atoms with Crippen molar-refractivity contribution in [3.8, 4) is 0 Å². The van der Waals surface area contributed by atoms with Crippen molar-refractivity contribution in [3.63, 3.8) is 0 Å². The van der Waals surface area contributed by atoms with Crippen LogP contribution in [-0.4, -0.2) is 51.8 Å². The third kappa shape index (κ3) is 22.9. The van der Waals surface area contributed by atoms with Gasteiger partial charge in [-0.1, -0.05) is 36.4 Å². The molecule has 0 amide bonds. The van der Waals surface area contributed by atoms with E-state index in [9.17, 15) is 0 Å². The van der Waals surface area contributed by atoms with E-state index < -0.39 is 0 Å². The van der Waals surface area contributed by atoms with Crippen LogP contribution in [0.3, 0.4) is 0 Å². The average Bonchev–Trinajstić information content (AvgIpc) is 2.87. The molecule has 6 nitrogen and oxygen atoms in total. The molecular weight excluding hydrogens is 534 g/mol. The number of pyridine rings is 3. The van der Waals surface area contributed by atoms with Gasteiger partial charge in [-0.3, -0.25) is 0 Å². The third-order valence-corrected chi connectivity index (χ3v) is 7.43. The first-order valence-corrected chi connectivity index (χ1v) is 14.3. The van der Waals surface area contributed by atoms with E-state index in [1.807, 2.05) is 54.6 Å². The molecule has 0 aromatic carbocycles. The Labute approximate surface area is 225 Å². The molecular formula is C21H34ClN5OS5. The average molecular weight is 568 g/mol. The lowest BCUT2D eigenvalue weighted by atomic mass is 10.5. The number of aromatic nitrogens is 3. The molecule has 3 aromatic rings. The number of nitrogens with zero attached hydrogens (tertiary/aromatic N) is 3. The summed E-state index contributed by atoms with van der Waals surface area (Å²) < 4.78 is 0. The van der Waals surface area contributed by atoms with Crippen molar-refractivity contribution in [2.75, 3.05) is 31.7 Å². The highest BCUT2D eigenvalue weighted by Crippen LogP contribution is 2.34. The Morgan fingerprint density at radius 2 is 1.18 bits per heavy atom. The summed E-state index contributed by atoms with van der Waals surface area (Å²) in [6, 6.07) is 17.7. The molecule has 0 spiro atoms. The first-order chi connectivity index (χ1) is 15.3. The van der Waals surface area contributed by atoms with Crippen LogP contribution in [0.5, 0.6) is 0 Å². The van der Waals surface area contributed by atoms with Gasteiger partial charge in [0.2, 0.25) is 0 Å². The standard InChI is InChI=1S/C10H8N2S2.C7H10N2S2.C2H7NS.CH4O.CH4.ClH/c1-3-7-11-9(5-1)13-14-10-6-2-4-8-12-10;8-4-6-10-11-7-3-1-2-5-9-7;3-1-2-4;1-2;;/h1-8H;1-3,5H,4,6,8H2;4H,1-3H2;2H,1H3;1H4;1H. The molecule has 0 unspecified atom stereocenters. The first kappa shape index (κ1) is 36.9. The minimum atomic E-state index is 0. The molecule has 0 radical (unpaired) electrons. The monoisotopic (exact) mass is 567 g/mol. The fourth-order valence-electron chi connectivity index (χ4n) is 1.42. The molecule has 12 heteroatoms. The van der Waals surface area contributed by atoms with Crippen molar-refractivity contribution in [2.45, 2.75) is 22.5 Å². The van der Waals surface area contributed by atoms with Crippen molar-refractivity contribution >= 4 is 55.8 Å². The topological polar surface area (TPSA) is 113 Å². The Morgan fingerprint density at radius 3 is 1.45 bits per heavy atom. The highest BCUT2D eigenvalue weighted by Gasteiger charge is 1.97. The Bertz CT molecular complexity index is 695. The van der Waals surface area contributed by atoms with E-state index in [0.29, 0.717) is 0 Å². The van der Waals surface area contributed by atoms with Gasteiger partial charge in [0.15, 0.2) is 0 Å². The van der Waals surface area contributed by atoms with Crippen LogP contribution >= 0.6 is 55.8 Å². The molecule has 186 valence electrons. The molecule has 6 N–H and O–H groups in total. The molecule has 0 bridgehead atoms. The molecule has 3 aromatic heterocycles. The lowest BCUT2D eigenvalue weighted by Crippen LogP contribution is -3.00. The minimum Gasteiger partial charge on any atom is -1.00 e. The summed E-state index contributed by atoms with van der Waals surface area (Å²) >= 11 is 3.86. The lowest BCUT2D eigenvalue weighted by Gasteiger charge is -1.97. The van der Waals surface area contributed by atoms with Gasteiger partial charge in [0.1, 0.15) is 15.1 Å². The predicted octanol–water partition coefficient (Wildman–Crippen LogP) is 1.46. The van der Waals surface area contributed by atoms with Crippen molar-refractivity contribution in [1.82, 2.24) is 15.0 Å². The number of halogens is 1. The fourth-order valence-corrected chi connectivity index (χ4v) is 4.91. The number of rotatable bonds is 8. The van der Waals surface area contributed by atoms with E-state index in [0.717, 1.165) is 46.8 Å². The zero-order valence-electron chi connectivity index (χ0n) is 17.8. The van der Waals surface area contributed by atoms with Gasteiger partial charge in [0.05, 0.1) is 6.54 Å². The number of thiol groups is 1. The smallest absolute Gasteiger partial charge is 0.107 e. The van der Waals surface area contributed by atoms with Crippen molar-refractivity contribution in [3.05, 3.63) is 73.2 Å². The second kappa shape index (κ2) is 29.4. The van der Waals surface area contributed by atoms with Gasteiger partial charge in [0, 0.05) is 43.8 Å². The van der Waals surface area contributed by atoms with E-state index in [1.165, 1.54) is 0 Å². The number of hydrogen-bond donors (Lipinski definition) is 4. The molecule has 0 saturated carbocycles. The molecule has 0 atom stereocenters. The van der Waals surface area contributed by atoms with Gasteiger partial charge < -0.3 is 29.0 Å². The normalized spacial score (nSPS) is 8.64. The number of hydrogen-bond acceptors (Lipinski definition) is 10. The lowest BCUT2D eigenvalue weighted by molar-refractivity contribution is -0.360. The molecule has 33 heavy (non-hydrogen) atoms. The second-order valence-electron chi connectivity index (χ2n) is 4.94. The van der Waals surface area contributed by atoms with Crippen LogP contribution in [0.15, 0.2) is 88.3 Å². The second-order valence-corrected chi connectivity index (χ2v) is 9.99. The Kier molecular flexibility index (Phi) is 32.9. The zero-order valence-corrected chi connectivity index (χ0v) is 22.7. The highest BCUT2D eigenvalue weighted by atomic mass is 35.5. The van der Waals surface area contributed by atoms with E-state index in [-0.39, 0.29) is 19.8 Å². The molecule has 3 rings (SSSR count). The quantitative estimate of drug-likeness (QED) is 0.182. The summed E-state index contributed by atoms with van der Waals surface area (Å²) in [5.74, 6) is 1.88. The van der Waals surface area contributed by atoms with Crippen LogP contribution in [0.4, 0.5) is 0 Å². The Morgan fingerprint density at radius 1 is 0.818 bits per heavy atom. The summed E-state index contributed by atoms with van der Waals surface area (Å²) in [4.78, 5) is 12.6. The molecule has 3 heterocycles. The maximum absolute atomic E-state index is 7.00. The number of aliphatic hydroxyl groups is 1. The third-order valence-electron chi connectivity index (χ3n) is 2.63.